The molecule has 14 heavy (non-hydrogen) atoms. The third kappa shape index (κ3) is 2.88. The predicted octanol–water partition coefficient (Wildman–Crippen LogP) is 1.77. The second-order valence-corrected chi connectivity index (χ2v) is 3.15. The van der Waals surface area contributed by atoms with Crippen LogP contribution in [0, 0.1) is 5.82 Å². The van der Waals surface area contributed by atoms with Gasteiger partial charge in [0, 0.05) is 13.0 Å². The first kappa shape index (κ1) is 10.8. The topological polar surface area (TPSA) is 55.1 Å². The molecule has 0 aliphatic heterocycles. The maximum absolute atomic E-state index is 13.1. The van der Waals surface area contributed by atoms with Crippen molar-refractivity contribution in [3.05, 3.63) is 29.0 Å². The lowest BCUT2D eigenvalue weighted by Crippen LogP contribution is -2.16. The molecule has 3 nitrogen and oxygen atoms in total. The number of amides is 1. The van der Waals surface area contributed by atoms with Gasteiger partial charge >= 0.3 is 0 Å². The summed E-state index contributed by atoms with van der Waals surface area (Å²) >= 11 is 5.73. The van der Waals surface area contributed by atoms with E-state index in [2.05, 4.69) is 5.32 Å². The Hall–Kier alpha value is -1.29. The highest BCUT2D eigenvalue weighted by Crippen LogP contribution is 2.24. The van der Waals surface area contributed by atoms with Gasteiger partial charge in [-0.05, 0) is 12.1 Å². The maximum Gasteiger partial charge on any atom is 0.219 e. The highest BCUT2D eigenvalue weighted by Gasteiger charge is 2.05. The third-order valence-corrected chi connectivity index (χ3v) is 1.95. The fourth-order valence-electron chi connectivity index (χ4n) is 0.977. The van der Waals surface area contributed by atoms with Crippen LogP contribution < -0.4 is 11.1 Å². The third-order valence-electron chi connectivity index (χ3n) is 1.64. The predicted molar refractivity (Wildman–Crippen MR) is 53.7 cm³/mol. The molecule has 0 radical (unpaired) electrons. The van der Waals surface area contributed by atoms with Crippen molar-refractivity contribution in [2.45, 2.75) is 6.42 Å². The molecule has 0 saturated carbocycles. The fourth-order valence-corrected chi connectivity index (χ4v) is 1.21. The number of primary amides is 1. The number of halogens is 2. The Labute approximate surface area is 86.0 Å². The molecule has 0 bridgehead atoms. The lowest BCUT2D eigenvalue weighted by atomic mass is 10.3. The van der Waals surface area contributed by atoms with Gasteiger partial charge in [-0.3, -0.25) is 4.79 Å². The summed E-state index contributed by atoms with van der Waals surface area (Å²) in [5.74, 6) is -0.882. The summed E-state index contributed by atoms with van der Waals surface area (Å²) in [4.78, 5) is 10.4. The van der Waals surface area contributed by atoms with Crippen molar-refractivity contribution in [1.82, 2.24) is 0 Å². The van der Waals surface area contributed by atoms with E-state index in [-0.39, 0.29) is 23.7 Å². The summed E-state index contributed by atoms with van der Waals surface area (Å²) in [6, 6.07) is 4.37. The van der Waals surface area contributed by atoms with Gasteiger partial charge in [0.1, 0.15) is 5.82 Å². The van der Waals surface area contributed by atoms with Crippen molar-refractivity contribution < 1.29 is 9.18 Å². The molecule has 0 heterocycles. The monoisotopic (exact) mass is 216 g/mol. The number of nitrogens with one attached hydrogen (secondary N) is 1. The van der Waals surface area contributed by atoms with Crippen LogP contribution in [-0.2, 0) is 4.79 Å². The molecule has 0 aromatic heterocycles. The van der Waals surface area contributed by atoms with Crippen LogP contribution in [0.1, 0.15) is 6.42 Å². The summed E-state index contributed by atoms with van der Waals surface area (Å²) in [6.07, 6.45) is 0.144. The Morgan fingerprint density at radius 2 is 2.29 bits per heavy atom. The summed E-state index contributed by atoms with van der Waals surface area (Å²) in [7, 11) is 0. The summed E-state index contributed by atoms with van der Waals surface area (Å²) in [5.41, 5.74) is 5.13. The number of rotatable bonds is 4. The number of carbonyl (C=O) groups is 1. The quantitative estimate of drug-likeness (QED) is 0.806. The SMILES string of the molecule is NC(=O)CCNc1c(F)cccc1Cl. The van der Waals surface area contributed by atoms with Crippen LogP contribution in [0.2, 0.25) is 5.02 Å². The molecule has 0 aliphatic carbocycles. The Bertz CT molecular complexity index is 323. The van der Waals surface area contributed by atoms with Crippen LogP contribution in [0.25, 0.3) is 0 Å². The zero-order valence-corrected chi connectivity index (χ0v) is 8.14. The Morgan fingerprint density at radius 3 is 2.86 bits per heavy atom. The minimum atomic E-state index is -0.443. The van der Waals surface area contributed by atoms with E-state index in [4.69, 9.17) is 17.3 Å². The van der Waals surface area contributed by atoms with Gasteiger partial charge in [0.15, 0.2) is 0 Å². The van der Waals surface area contributed by atoms with Crippen LogP contribution in [0.15, 0.2) is 18.2 Å². The fraction of sp³-hybridized carbons (Fsp3) is 0.222. The van der Waals surface area contributed by atoms with Crippen LogP contribution in [0.5, 0.6) is 0 Å². The molecule has 1 aromatic rings. The van der Waals surface area contributed by atoms with Crippen molar-refractivity contribution in [3.8, 4) is 0 Å². The van der Waals surface area contributed by atoms with Gasteiger partial charge in [-0.1, -0.05) is 17.7 Å². The number of para-hydroxylation sites is 1. The van der Waals surface area contributed by atoms with Crippen LogP contribution in [0.3, 0.4) is 0 Å². The van der Waals surface area contributed by atoms with Crippen molar-refractivity contribution in [3.63, 3.8) is 0 Å². The second-order valence-electron chi connectivity index (χ2n) is 2.74. The molecule has 0 unspecified atom stereocenters. The van der Waals surface area contributed by atoms with E-state index < -0.39 is 11.7 Å². The first-order valence-corrected chi connectivity index (χ1v) is 4.45. The molecule has 0 atom stereocenters. The molecule has 1 aromatic carbocycles. The number of nitrogens with two attached hydrogens (primary N) is 1. The Kier molecular flexibility index (Phi) is 3.71. The van der Waals surface area contributed by atoms with Gasteiger partial charge in [0.25, 0.3) is 0 Å². The van der Waals surface area contributed by atoms with E-state index >= 15 is 0 Å². The molecule has 3 N–H and O–H groups in total. The van der Waals surface area contributed by atoms with Crippen molar-refractivity contribution in [1.29, 1.82) is 0 Å². The highest BCUT2D eigenvalue weighted by atomic mass is 35.5. The molecule has 1 rings (SSSR count). The largest absolute Gasteiger partial charge is 0.381 e. The molecule has 0 fully saturated rings. The van der Waals surface area contributed by atoms with Gasteiger partial charge in [-0.2, -0.15) is 0 Å². The minimum absolute atomic E-state index is 0.144. The summed E-state index contributed by atoms with van der Waals surface area (Å²) in [5, 5.41) is 2.99. The molecular formula is C9H10ClFN2O. The van der Waals surface area contributed by atoms with E-state index in [9.17, 15) is 9.18 Å². The van der Waals surface area contributed by atoms with Gasteiger partial charge in [0.05, 0.1) is 10.7 Å². The number of anilines is 1. The molecule has 1 amide bonds. The second kappa shape index (κ2) is 4.81. The molecule has 0 aliphatic rings. The van der Waals surface area contributed by atoms with Crippen molar-refractivity contribution in [2.24, 2.45) is 5.73 Å². The van der Waals surface area contributed by atoms with E-state index in [1.165, 1.54) is 12.1 Å². The number of hydrogen-bond donors (Lipinski definition) is 2. The molecule has 5 heteroatoms. The van der Waals surface area contributed by atoms with E-state index in [1.807, 2.05) is 0 Å². The number of hydrogen-bond acceptors (Lipinski definition) is 2. The lowest BCUT2D eigenvalue weighted by molar-refractivity contribution is -0.117. The average Bonchev–Trinajstić information content (AvgIpc) is 2.09. The first-order valence-electron chi connectivity index (χ1n) is 4.07. The van der Waals surface area contributed by atoms with Crippen molar-refractivity contribution in [2.75, 3.05) is 11.9 Å². The highest BCUT2D eigenvalue weighted by molar-refractivity contribution is 6.33. The first-order chi connectivity index (χ1) is 6.61. The van der Waals surface area contributed by atoms with Gasteiger partial charge in [-0.15, -0.1) is 0 Å². The van der Waals surface area contributed by atoms with Gasteiger partial charge in [0.2, 0.25) is 5.91 Å². The zero-order valence-electron chi connectivity index (χ0n) is 7.39. The molecule has 76 valence electrons. The molecule has 0 saturated heterocycles. The number of carbonyl (C=O) groups excluding carboxylic acids is 1. The zero-order chi connectivity index (χ0) is 10.6. The van der Waals surface area contributed by atoms with Gasteiger partial charge < -0.3 is 11.1 Å². The Balaban J connectivity index is 2.62. The smallest absolute Gasteiger partial charge is 0.219 e. The van der Waals surface area contributed by atoms with E-state index in [0.717, 1.165) is 0 Å². The van der Waals surface area contributed by atoms with E-state index in [0.29, 0.717) is 0 Å². The number of benzene rings is 1. The normalized spacial score (nSPS) is 9.86. The average molecular weight is 217 g/mol. The van der Waals surface area contributed by atoms with Crippen molar-refractivity contribution >= 4 is 23.2 Å². The summed E-state index contributed by atoms with van der Waals surface area (Å²) < 4.78 is 13.1. The van der Waals surface area contributed by atoms with Gasteiger partial charge in [-0.25, -0.2) is 4.39 Å². The lowest BCUT2D eigenvalue weighted by Gasteiger charge is -2.07. The van der Waals surface area contributed by atoms with Crippen LogP contribution in [-0.4, -0.2) is 12.5 Å². The van der Waals surface area contributed by atoms with E-state index in [1.54, 1.807) is 6.07 Å². The van der Waals surface area contributed by atoms with Crippen LogP contribution in [0.4, 0.5) is 10.1 Å². The standard InChI is InChI=1S/C9H10ClFN2O/c10-6-2-1-3-7(11)9(6)13-5-4-8(12)14/h1-3,13H,4-5H2,(H2,12,14). The Morgan fingerprint density at radius 1 is 1.57 bits per heavy atom. The summed E-state index contributed by atoms with van der Waals surface area (Å²) in [6.45, 7) is 0.274. The minimum Gasteiger partial charge on any atom is -0.381 e. The maximum atomic E-state index is 13.1. The molecular weight excluding hydrogens is 207 g/mol. The van der Waals surface area contributed by atoms with Crippen LogP contribution >= 0.6 is 11.6 Å². The molecule has 0 spiro atoms.